The molecule has 0 aromatic heterocycles. The molecule has 0 atom stereocenters. The zero-order valence-electron chi connectivity index (χ0n) is 9.76. The number of hydrogen-bond acceptors (Lipinski definition) is 1. The summed E-state index contributed by atoms with van der Waals surface area (Å²) in [6.07, 6.45) is 3.46. The molecule has 2 aromatic carbocycles. The van der Waals surface area contributed by atoms with Crippen LogP contribution >= 0.6 is 0 Å². The van der Waals surface area contributed by atoms with Crippen molar-refractivity contribution >= 4 is 11.9 Å². The van der Waals surface area contributed by atoms with Gasteiger partial charge in [-0.1, -0.05) is 66.2 Å². The monoisotopic (exact) mass is 222 g/mol. The van der Waals surface area contributed by atoms with E-state index < -0.39 is 0 Å². The maximum atomic E-state index is 11.8. The van der Waals surface area contributed by atoms with Crippen molar-refractivity contribution in [3.63, 3.8) is 0 Å². The predicted octanol–water partition coefficient (Wildman–Crippen LogP) is 3.89. The number of ketones is 1. The lowest BCUT2D eigenvalue weighted by Crippen LogP contribution is -1.92. The Balaban J connectivity index is 2.14. The van der Waals surface area contributed by atoms with E-state index >= 15 is 0 Å². The van der Waals surface area contributed by atoms with Crippen LogP contribution in [0.15, 0.2) is 60.7 Å². The van der Waals surface area contributed by atoms with Crippen LogP contribution < -0.4 is 0 Å². The van der Waals surface area contributed by atoms with Gasteiger partial charge in [0, 0.05) is 5.56 Å². The molecule has 0 heterocycles. The molecular formula is C16H14O. The van der Waals surface area contributed by atoms with Crippen LogP contribution in [0.4, 0.5) is 0 Å². The van der Waals surface area contributed by atoms with Crippen molar-refractivity contribution in [3.8, 4) is 0 Å². The normalized spacial score (nSPS) is 10.6. The first kappa shape index (κ1) is 11.3. The third kappa shape index (κ3) is 3.15. The average Bonchev–Trinajstić information content (AvgIpc) is 2.37. The van der Waals surface area contributed by atoms with Crippen molar-refractivity contribution in [1.29, 1.82) is 0 Å². The summed E-state index contributed by atoms with van der Waals surface area (Å²) >= 11 is 0. The van der Waals surface area contributed by atoms with E-state index in [2.05, 4.69) is 6.07 Å². The standard InChI is InChI=1S/C16H14O/c1-13-6-5-7-14(12-13)10-11-16(17)15-8-3-2-4-9-15/h2-12H,1H3. The van der Waals surface area contributed by atoms with Crippen molar-refractivity contribution in [2.75, 3.05) is 0 Å². The topological polar surface area (TPSA) is 17.1 Å². The molecule has 0 saturated heterocycles. The molecule has 0 unspecified atom stereocenters. The first-order chi connectivity index (χ1) is 8.25. The molecule has 84 valence electrons. The maximum absolute atomic E-state index is 11.8. The highest BCUT2D eigenvalue weighted by atomic mass is 16.1. The maximum Gasteiger partial charge on any atom is 0.185 e. The van der Waals surface area contributed by atoms with Gasteiger partial charge in [0.1, 0.15) is 0 Å². The Bertz CT molecular complexity index is 538. The summed E-state index contributed by atoms with van der Waals surface area (Å²) in [5, 5.41) is 0. The van der Waals surface area contributed by atoms with E-state index in [0.717, 1.165) is 11.1 Å². The van der Waals surface area contributed by atoms with Crippen molar-refractivity contribution < 1.29 is 4.79 Å². The molecule has 0 radical (unpaired) electrons. The molecule has 17 heavy (non-hydrogen) atoms. The van der Waals surface area contributed by atoms with Crippen LogP contribution in [-0.4, -0.2) is 5.78 Å². The Morgan fingerprint density at radius 2 is 1.76 bits per heavy atom. The SMILES string of the molecule is Cc1cccc(C=CC(=O)c2ccccc2)c1. The van der Waals surface area contributed by atoms with Crippen LogP contribution in [0.3, 0.4) is 0 Å². The van der Waals surface area contributed by atoms with Crippen LogP contribution in [0.2, 0.25) is 0 Å². The van der Waals surface area contributed by atoms with Gasteiger partial charge in [-0.15, -0.1) is 0 Å². The number of benzene rings is 2. The second-order valence-electron chi connectivity index (χ2n) is 3.98. The molecule has 0 fully saturated rings. The highest BCUT2D eigenvalue weighted by molar-refractivity contribution is 6.06. The van der Waals surface area contributed by atoms with Gasteiger partial charge in [-0.25, -0.2) is 0 Å². The van der Waals surface area contributed by atoms with E-state index in [1.807, 2.05) is 61.5 Å². The zero-order valence-corrected chi connectivity index (χ0v) is 9.76. The lowest BCUT2D eigenvalue weighted by Gasteiger charge is -1.96. The summed E-state index contributed by atoms with van der Waals surface area (Å²) in [7, 11) is 0. The molecule has 2 rings (SSSR count). The molecule has 2 aromatic rings. The van der Waals surface area contributed by atoms with Crippen LogP contribution in [0.5, 0.6) is 0 Å². The first-order valence-corrected chi connectivity index (χ1v) is 5.60. The van der Waals surface area contributed by atoms with Crippen molar-refractivity contribution in [1.82, 2.24) is 0 Å². The molecule has 0 aliphatic heterocycles. The lowest BCUT2D eigenvalue weighted by atomic mass is 10.1. The molecule has 0 aliphatic carbocycles. The molecule has 1 nitrogen and oxygen atoms in total. The Morgan fingerprint density at radius 3 is 2.47 bits per heavy atom. The van der Waals surface area contributed by atoms with Gasteiger partial charge < -0.3 is 0 Å². The van der Waals surface area contributed by atoms with Gasteiger partial charge in [0.25, 0.3) is 0 Å². The summed E-state index contributed by atoms with van der Waals surface area (Å²) in [5.41, 5.74) is 2.96. The first-order valence-electron chi connectivity index (χ1n) is 5.60. The minimum Gasteiger partial charge on any atom is -0.289 e. The molecule has 0 aliphatic rings. The van der Waals surface area contributed by atoms with Gasteiger partial charge in [0.2, 0.25) is 0 Å². The minimum atomic E-state index is 0.0344. The van der Waals surface area contributed by atoms with E-state index in [1.165, 1.54) is 5.56 Å². The Labute approximate surface area is 101 Å². The number of allylic oxidation sites excluding steroid dienone is 1. The van der Waals surface area contributed by atoms with Gasteiger partial charge in [-0.3, -0.25) is 4.79 Å². The summed E-state index contributed by atoms with van der Waals surface area (Å²) in [6, 6.07) is 17.4. The Kier molecular flexibility index (Phi) is 3.51. The quantitative estimate of drug-likeness (QED) is 0.568. The lowest BCUT2D eigenvalue weighted by molar-refractivity contribution is 0.104. The second-order valence-corrected chi connectivity index (χ2v) is 3.98. The van der Waals surface area contributed by atoms with Gasteiger partial charge in [-0.2, -0.15) is 0 Å². The van der Waals surface area contributed by atoms with Crippen molar-refractivity contribution in [2.45, 2.75) is 6.92 Å². The van der Waals surface area contributed by atoms with Crippen LogP contribution in [-0.2, 0) is 0 Å². The Morgan fingerprint density at radius 1 is 1.00 bits per heavy atom. The smallest absolute Gasteiger partial charge is 0.185 e. The predicted molar refractivity (Wildman–Crippen MR) is 71.0 cm³/mol. The Hall–Kier alpha value is -2.15. The number of carbonyl (C=O) groups excluding carboxylic acids is 1. The molecule has 0 amide bonds. The van der Waals surface area contributed by atoms with Gasteiger partial charge in [0.05, 0.1) is 0 Å². The van der Waals surface area contributed by atoms with E-state index in [4.69, 9.17) is 0 Å². The summed E-state index contributed by atoms with van der Waals surface area (Å²) < 4.78 is 0. The van der Waals surface area contributed by atoms with Gasteiger partial charge in [0.15, 0.2) is 5.78 Å². The van der Waals surface area contributed by atoms with Gasteiger partial charge in [-0.05, 0) is 18.6 Å². The fraction of sp³-hybridized carbons (Fsp3) is 0.0625. The molecular weight excluding hydrogens is 208 g/mol. The van der Waals surface area contributed by atoms with E-state index in [1.54, 1.807) is 6.08 Å². The summed E-state index contributed by atoms with van der Waals surface area (Å²) in [4.78, 5) is 11.8. The van der Waals surface area contributed by atoms with Crippen molar-refractivity contribution in [2.24, 2.45) is 0 Å². The van der Waals surface area contributed by atoms with Crippen LogP contribution in [0.25, 0.3) is 6.08 Å². The van der Waals surface area contributed by atoms with Crippen LogP contribution in [0.1, 0.15) is 21.5 Å². The van der Waals surface area contributed by atoms with E-state index in [0.29, 0.717) is 0 Å². The third-order valence-corrected chi connectivity index (χ3v) is 2.53. The summed E-state index contributed by atoms with van der Waals surface area (Å²) in [6.45, 7) is 2.04. The molecule has 0 bridgehead atoms. The number of carbonyl (C=O) groups is 1. The highest BCUT2D eigenvalue weighted by Crippen LogP contribution is 2.07. The second kappa shape index (κ2) is 5.26. The summed E-state index contributed by atoms with van der Waals surface area (Å²) in [5.74, 6) is 0.0344. The van der Waals surface area contributed by atoms with E-state index in [-0.39, 0.29) is 5.78 Å². The molecule has 0 N–H and O–H groups in total. The van der Waals surface area contributed by atoms with Crippen LogP contribution in [0, 0.1) is 6.92 Å². The molecule has 0 saturated carbocycles. The fourth-order valence-corrected chi connectivity index (χ4v) is 1.64. The largest absolute Gasteiger partial charge is 0.289 e. The fourth-order valence-electron chi connectivity index (χ4n) is 1.64. The number of hydrogen-bond donors (Lipinski definition) is 0. The number of rotatable bonds is 3. The third-order valence-electron chi connectivity index (χ3n) is 2.53. The molecule has 0 spiro atoms. The minimum absolute atomic E-state index is 0.0344. The number of aryl methyl sites for hydroxylation is 1. The average molecular weight is 222 g/mol. The van der Waals surface area contributed by atoms with Gasteiger partial charge >= 0.3 is 0 Å². The molecule has 1 heteroatoms. The van der Waals surface area contributed by atoms with Crippen molar-refractivity contribution in [3.05, 3.63) is 77.4 Å². The van der Waals surface area contributed by atoms with E-state index in [9.17, 15) is 4.79 Å². The highest BCUT2D eigenvalue weighted by Gasteiger charge is 1.99. The zero-order chi connectivity index (χ0) is 12.1.